The highest BCUT2D eigenvalue weighted by Crippen LogP contribution is 2.34. The van der Waals surface area contributed by atoms with Crippen molar-refractivity contribution in [2.24, 2.45) is 5.92 Å². The summed E-state index contributed by atoms with van der Waals surface area (Å²) in [5.74, 6) is 0.723. The van der Waals surface area contributed by atoms with E-state index in [1.165, 1.54) is 12.8 Å². The van der Waals surface area contributed by atoms with E-state index in [1.54, 1.807) is 0 Å². The Morgan fingerprint density at radius 3 is 2.88 bits per heavy atom. The number of nitrogens with zero attached hydrogens (tertiary/aromatic N) is 4. The first kappa shape index (κ1) is 12.1. The topological polar surface area (TPSA) is 74.7 Å². The first-order valence-corrected chi connectivity index (χ1v) is 6.20. The molecule has 0 amide bonds. The van der Waals surface area contributed by atoms with Crippen molar-refractivity contribution in [3.8, 4) is 6.07 Å². The molecule has 2 rings (SSSR count). The average molecular weight is 234 g/mol. The predicted molar refractivity (Wildman–Crippen MR) is 62.2 cm³/mol. The molecular formula is C12H18N4O. The zero-order valence-corrected chi connectivity index (χ0v) is 10.1. The zero-order valence-electron chi connectivity index (χ0n) is 10.1. The van der Waals surface area contributed by atoms with Crippen molar-refractivity contribution in [3.05, 3.63) is 11.4 Å². The van der Waals surface area contributed by atoms with E-state index in [4.69, 9.17) is 5.26 Å². The van der Waals surface area contributed by atoms with E-state index < -0.39 is 0 Å². The third-order valence-corrected chi connectivity index (χ3v) is 3.32. The van der Waals surface area contributed by atoms with E-state index in [0.717, 1.165) is 30.1 Å². The standard InChI is InChI=1S/C12H18N4O/c1-2-10(8-17)16-12(7-9-3-4-9)11(5-6-13)14-15-16/h9-10,17H,2-5,7-8H2,1H3. The molecule has 5 heteroatoms. The molecule has 1 unspecified atom stereocenters. The monoisotopic (exact) mass is 234 g/mol. The van der Waals surface area contributed by atoms with Crippen molar-refractivity contribution in [2.45, 2.75) is 45.1 Å². The van der Waals surface area contributed by atoms with Crippen molar-refractivity contribution in [2.75, 3.05) is 6.61 Å². The number of aromatic nitrogens is 3. The van der Waals surface area contributed by atoms with Gasteiger partial charge in [-0.3, -0.25) is 0 Å². The molecule has 0 spiro atoms. The lowest BCUT2D eigenvalue weighted by molar-refractivity contribution is 0.210. The second-order valence-electron chi connectivity index (χ2n) is 4.65. The summed E-state index contributed by atoms with van der Waals surface area (Å²) in [6.45, 7) is 2.09. The minimum Gasteiger partial charge on any atom is -0.394 e. The van der Waals surface area contributed by atoms with Crippen LogP contribution in [0.2, 0.25) is 0 Å². The van der Waals surface area contributed by atoms with Gasteiger partial charge >= 0.3 is 0 Å². The van der Waals surface area contributed by atoms with Crippen LogP contribution in [0.3, 0.4) is 0 Å². The molecule has 17 heavy (non-hydrogen) atoms. The van der Waals surface area contributed by atoms with Crippen LogP contribution in [-0.2, 0) is 12.8 Å². The summed E-state index contributed by atoms with van der Waals surface area (Å²) >= 11 is 0. The van der Waals surface area contributed by atoms with Gasteiger partial charge in [0.2, 0.25) is 0 Å². The number of nitriles is 1. The van der Waals surface area contributed by atoms with Crippen LogP contribution < -0.4 is 0 Å². The van der Waals surface area contributed by atoms with E-state index in [2.05, 4.69) is 16.4 Å². The predicted octanol–water partition coefficient (Wildman–Crippen LogP) is 1.24. The Hall–Kier alpha value is -1.41. The summed E-state index contributed by atoms with van der Waals surface area (Å²) in [7, 11) is 0. The average Bonchev–Trinajstić information content (AvgIpc) is 3.07. The smallest absolute Gasteiger partial charge is 0.0999 e. The van der Waals surface area contributed by atoms with E-state index in [-0.39, 0.29) is 12.6 Å². The molecule has 1 atom stereocenters. The van der Waals surface area contributed by atoms with Crippen molar-refractivity contribution in [3.63, 3.8) is 0 Å². The second-order valence-corrected chi connectivity index (χ2v) is 4.65. The summed E-state index contributed by atoms with van der Waals surface area (Å²) in [4.78, 5) is 0. The van der Waals surface area contributed by atoms with Crippen molar-refractivity contribution >= 4 is 0 Å². The van der Waals surface area contributed by atoms with Gasteiger partial charge in [-0.1, -0.05) is 12.1 Å². The Balaban J connectivity index is 2.26. The Labute approximate surface area is 101 Å². The fourth-order valence-corrected chi connectivity index (χ4v) is 2.04. The van der Waals surface area contributed by atoms with Gasteiger partial charge in [0.05, 0.1) is 36.5 Å². The third kappa shape index (κ3) is 2.64. The fourth-order valence-electron chi connectivity index (χ4n) is 2.04. The highest BCUT2D eigenvalue weighted by Gasteiger charge is 2.27. The van der Waals surface area contributed by atoms with Gasteiger partial charge in [0, 0.05) is 0 Å². The molecular weight excluding hydrogens is 216 g/mol. The van der Waals surface area contributed by atoms with E-state index in [9.17, 15) is 5.11 Å². The Kier molecular flexibility index (Phi) is 3.75. The van der Waals surface area contributed by atoms with E-state index in [0.29, 0.717) is 6.42 Å². The minimum atomic E-state index is -0.0105. The molecule has 1 aliphatic rings. The van der Waals surface area contributed by atoms with Crippen molar-refractivity contribution in [1.82, 2.24) is 15.0 Å². The Bertz CT molecular complexity index is 413. The summed E-state index contributed by atoms with van der Waals surface area (Å²) in [6.07, 6.45) is 4.59. The quantitative estimate of drug-likeness (QED) is 0.803. The van der Waals surface area contributed by atoms with Gasteiger partial charge in [-0.05, 0) is 31.6 Å². The first-order chi connectivity index (χ1) is 8.30. The second kappa shape index (κ2) is 5.28. The summed E-state index contributed by atoms with van der Waals surface area (Å²) in [5, 5.41) is 26.3. The molecule has 1 fully saturated rings. The third-order valence-electron chi connectivity index (χ3n) is 3.32. The van der Waals surface area contributed by atoms with E-state index >= 15 is 0 Å². The lowest BCUT2D eigenvalue weighted by Crippen LogP contribution is -2.17. The zero-order chi connectivity index (χ0) is 12.3. The van der Waals surface area contributed by atoms with Crippen molar-refractivity contribution in [1.29, 1.82) is 5.26 Å². The summed E-state index contributed by atoms with van der Waals surface area (Å²) in [5.41, 5.74) is 1.83. The van der Waals surface area contributed by atoms with Gasteiger partial charge in [-0.15, -0.1) is 5.10 Å². The van der Waals surface area contributed by atoms with Gasteiger partial charge in [-0.2, -0.15) is 5.26 Å². The molecule has 1 aromatic rings. The normalized spacial score (nSPS) is 16.8. The highest BCUT2D eigenvalue weighted by atomic mass is 16.3. The molecule has 1 heterocycles. The largest absolute Gasteiger partial charge is 0.394 e. The van der Waals surface area contributed by atoms with Crippen LogP contribution in [-0.4, -0.2) is 26.7 Å². The van der Waals surface area contributed by atoms with Gasteiger partial charge in [-0.25, -0.2) is 4.68 Å². The molecule has 0 aliphatic heterocycles. The van der Waals surface area contributed by atoms with Crippen LogP contribution in [0, 0.1) is 17.2 Å². The SMILES string of the molecule is CCC(CO)n1nnc(CC#N)c1CC1CC1. The van der Waals surface area contributed by atoms with Crippen LogP contribution in [0.25, 0.3) is 0 Å². The Morgan fingerprint density at radius 1 is 1.59 bits per heavy atom. The number of aliphatic hydroxyl groups is 1. The molecule has 0 bridgehead atoms. The van der Waals surface area contributed by atoms with Crippen LogP contribution in [0.15, 0.2) is 0 Å². The molecule has 1 aromatic heterocycles. The highest BCUT2D eigenvalue weighted by molar-refractivity contribution is 5.16. The Morgan fingerprint density at radius 2 is 2.35 bits per heavy atom. The first-order valence-electron chi connectivity index (χ1n) is 6.20. The lowest BCUT2D eigenvalue weighted by atomic mass is 10.1. The maximum Gasteiger partial charge on any atom is 0.0999 e. The van der Waals surface area contributed by atoms with Gasteiger partial charge < -0.3 is 5.11 Å². The van der Waals surface area contributed by atoms with E-state index in [1.807, 2.05) is 11.6 Å². The summed E-state index contributed by atoms with van der Waals surface area (Å²) < 4.78 is 1.82. The molecule has 0 aromatic carbocycles. The summed E-state index contributed by atoms with van der Waals surface area (Å²) in [6, 6.07) is 2.12. The molecule has 0 saturated heterocycles. The van der Waals surface area contributed by atoms with Crippen molar-refractivity contribution < 1.29 is 5.11 Å². The van der Waals surface area contributed by atoms with Gasteiger partial charge in [0.15, 0.2) is 0 Å². The maximum absolute atomic E-state index is 9.34. The van der Waals surface area contributed by atoms with Crippen LogP contribution in [0.4, 0.5) is 0 Å². The fraction of sp³-hybridized carbons (Fsp3) is 0.750. The molecule has 1 aliphatic carbocycles. The lowest BCUT2D eigenvalue weighted by Gasteiger charge is -2.15. The molecule has 0 radical (unpaired) electrons. The molecule has 92 valence electrons. The number of hydrogen-bond acceptors (Lipinski definition) is 4. The number of rotatable bonds is 6. The van der Waals surface area contributed by atoms with Gasteiger partial charge in [0.1, 0.15) is 0 Å². The number of hydrogen-bond donors (Lipinski definition) is 1. The molecule has 1 saturated carbocycles. The van der Waals surface area contributed by atoms with Crippen LogP contribution in [0.5, 0.6) is 0 Å². The minimum absolute atomic E-state index is 0.0105. The maximum atomic E-state index is 9.34. The van der Waals surface area contributed by atoms with Crippen LogP contribution >= 0.6 is 0 Å². The van der Waals surface area contributed by atoms with Gasteiger partial charge in [0.25, 0.3) is 0 Å². The number of aliphatic hydroxyl groups excluding tert-OH is 1. The molecule has 5 nitrogen and oxygen atoms in total. The van der Waals surface area contributed by atoms with Crippen LogP contribution in [0.1, 0.15) is 43.6 Å². The molecule has 1 N–H and O–H groups in total.